The Hall–Kier alpha value is -2.28. The van der Waals surface area contributed by atoms with Gasteiger partial charge in [0.15, 0.2) is 5.58 Å². The number of fused-ring (bicyclic) bond motifs is 1. The number of aliphatic carboxylic acids is 1. The highest BCUT2D eigenvalue weighted by atomic mass is 35.5. The van der Waals surface area contributed by atoms with Gasteiger partial charge in [-0.05, 0) is 56.7 Å². The normalized spacial score (nSPS) is 25.6. The Labute approximate surface area is 168 Å². The van der Waals surface area contributed by atoms with Crippen LogP contribution in [0.15, 0.2) is 22.6 Å². The van der Waals surface area contributed by atoms with Crippen molar-refractivity contribution in [3.63, 3.8) is 0 Å². The summed E-state index contributed by atoms with van der Waals surface area (Å²) in [4.78, 5) is 30.4. The number of carboxylic acids is 1. The van der Waals surface area contributed by atoms with Crippen molar-refractivity contribution >= 4 is 40.6 Å². The highest BCUT2D eigenvalue weighted by molar-refractivity contribution is 6.31. The molecule has 7 nitrogen and oxygen atoms in total. The predicted molar refractivity (Wildman–Crippen MR) is 105 cm³/mol. The van der Waals surface area contributed by atoms with Crippen LogP contribution in [0.2, 0.25) is 5.02 Å². The Morgan fingerprint density at radius 1 is 1.18 bits per heavy atom. The van der Waals surface area contributed by atoms with Crippen LogP contribution in [0.3, 0.4) is 0 Å². The van der Waals surface area contributed by atoms with Crippen molar-refractivity contribution in [2.75, 3.05) is 18.0 Å². The Kier molecular flexibility index (Phi) is 5.44. The minimum Gasteiger partial charge on any atom is -0.481 e. The van der Waals surface area contributed by atoms with Gasteiger partial charge >= 0.3 is 5.97 Å². The average Bonchev–Trinajstić information content (AvgIpc) is 3.11. The molecule has 150 valence electrons. The van der Waals surface area contributed by atoms with Gasteiger partial charge in [0.05, 0.1) is 11.8 Å². The molecule has 2 heterocycles. The monoisotopic (exact) mass is 405 g/mol. The molecule has 1 aromatic carbocycles. The maximum Gasteiger partial charge on any atom is 0.306 e. The van der Waals surface area contributed by atoms with Crippen LogP contribution >= 0.6 is 11.6 Å². The van der Waals surface area contributed by atoms with Crippen molar-refractivity contribution < 1.29 is 19.1 Å². The Morgan fingerprint density at radius 3 is 2.71 bits per heavy atom. The van der Waals surface area contributed by atoms with Crippen LogP contribution in [-0.2, 0) is 9.59 Å². The number of amides is 1. The zero-order valence-electron chi connectivity index (χ0n) is 15.6. The van der Waals surface area contributed by atoms with Gasteiger partial charge in [-0.3, -0.25) is 9.59 Å². The number of rotatable bonds is 4. The standard InChI is InChI=1S/C20H24ClN3O4/c21-14-5-8-17-16(10-14)23-20(28-17)24-9-1-2-13(11-24)18(25)22-15-6-3-12(4-7-15)19(26)27/h5,8,10,12-13,15H,1-4,6-7,9,11H2,(H,22,25)(H,26,27). The molecule has 28 heavy (non-hydrogen) atoms. The summed E-state index contributed by atoms with van der Waals surface area (Å²) in [5, 5.41) is 12.8. The quantitative estimate of drug-likeness (QED) is 0.808. The van der Waals surface area contributed by atoms with Crippen LogP contribution in [0.1, 0.15) is 38.5 Å². The molecular weight excluding hydrogens is 382 g/mol. The van der Waals surface area contributed by atoms with E-state index in [0.717, 1.165) is 32.2 Å². The number of anilines is 1. The molecule has 1 aliphatic carbocycles. The van der Waals surface area contributed by atoms with Crippen LogP contribution in [0, 0.1) is 11.8 Å². The summed E-state index contributed by atoms with van der Waals surface area (Å²) < 4.78 is 5.84. The number of nitrogens with zero attached hydrogens (tertiary/aromatic N) is 2. The zero-order chi connectivity index (χ0) is 19.7. The van der Waals surface area contributed by atoms with Gasteiger partial charge in [-0.1, -0.05) is 11.6 Å². The molecule has 8 heteroatoms. The molecule has 2 fully saturated rings. The van der Waals surface area contributed by atoms with E-state index in [4.69, 9.17) is 21.1 Å². The van der Waals surface area contributed by atoms with Crippen LogP contribution < -0.4 is 10.2 Å². The first kappa shape index (κ1) is 19.1. The molecule has 1 atom stereocenters. The highest BCUT2D eigenvalue weighted by Crippen LogP contribution is 2.29. The van der Waals surface area contributed by atoms with E-state index in [-0.39, 0.29) is 23.8 Å². The number of carbonyl (C=O) groups is 2. The number of hydrogen-bond acceptors (Lipinski definition) is 5. The molecule has 1 unspecified atom stereocenters. The average molecular weight is 406 g/mol. The topological polar surface area (TPSA) is 95.7 Å². The predicted octanol–water partition coefficient (Wildman–Crippen LogP) is 3.46. The van der Waals surface area contributed by atoms with E-state index in [1.807, 2.05) is 4.90 Å². The fourth-order valence-electron chi connectivity index (χ4n) is 4.19. The first-order valence-corrected chi connectivity index (χ1v) is 10.2. The molecule has 1 aromatic heterocycles. The molecule has 2 aromatic rings. The number of hydrogen-bond donors (Lipinski definition) is 2. The van der Waals surface area contributed by atoms with Gasteiger partial charge in [-0.15, -0.1) is 0 Å². The summed E-state index contributed by atoms with van der Waals surface area (Å²) in [6.45, 7) is 1.37. The van der Waals surface area contributed by atoms with Crippen molar-refractivity contribution in [2.24, 2.45) is 11.8 Å². The van der Waals surface area contributed by atoms with Crippen LogP contribution in [0.25, 0.3) is 11.1 Å². The second kappa shape index (κ2) is 7.99. The number of nitrogens with one attached hydrogen (secondary N) is 1. The van der Waals surface area contributed by atoms with E-state index in [9.17, 15) is 9.59 Å². The lowest BCUT2D eigenvalue weighted by Crippen LogP contribution is -2.47. The first-order chi connectivity index (χ1) is 13.5. The number of carbonyl (C=O) groups excluding carboxylic acids is 1. The van der Waals surface area contributed by atoms with Gasteiger partial charge in [-0.25, -0.2) is 0 Å². The second-order valence-corrected chi connectivity index (χ2v) is 8.23. The molecule has 0 radical (unpaired) electrons. The minimum atomic E-state index is -0.729. The van der Waals surface area contributed by atoms with Gasteiger partial charge in [0, 0.05) is 24.2 Å². The van der Waals surface area contributed by atoms with Gasteiger partial charge in [0.1, 0.15) is 5.52 Å². The third-order valence-electron chi connectivity index (χ3n) is 5.82. The van der Waals surface area contributed by atoms with E-state index in [0.29, 0.717) is 41.5 Å². The third-order valence-corrected chi connectivity index (χ3v) is 6.06. The van der Waals surface area contributed by atoms with E-state index >= 15 is 0 Å². The van der Waals surface area contributed by atoms with Crippen molar-refractivity contribution in [3.05, 3.63) is 23.2 Å². The van der Waals surface area contributed by atoms with E-state index in [1.165, 1.54) is 0 Å². The maximum atomic E-state index is 12.8. The largest absolute Gasteiger partial charge is 0.481 e. The second-order valence-electron chi connectivity index (χ2n) is 7.79. The first-order valence-electron chi connectivity index (χ1n) is 9.84. The lowest BCUT2D eigenvalue weighted by molar-refractivity contribution is -0.142. The lowest BCUT2D eigenvalue weighted by Gasteiger charge is -2.33. The molecule has 1 amide bonds. The molecule has 2 aliphatic rings. The van der Waals surface area contributed by atoms with Crippen LogP contribution in [-0.4, -0.2) is 41.1 Å². The lowest BCUT2D eigenvalue weighted by atomic mass is 9.85. The SMILES string of the molecule is O=C(O)C1CCC(NC(=O)C2CCCN(c3nc4cc(Cl)ccc4o3)C2)CC1. The summed E-state index contributed by atoms with van der Waals surface area (Å²) in [6, 6.07) is 5.94. The van der Waals surface area contributed by atoms with Gasteiger partial charge in [-0.2, -0.15) is 4.98 Å². The summed E-state index contributed by atoms with van der Waals surface area (Å²) >= 11 is 6.02. The summed E-state index contributed by atoms with van der Waals surface area (Å²) in [5.74, 6) is -1.08. The number of aromatic nitrogens is 1. The van der Waals surface area contributed by atoms with Crippen molar-refractivity contribution in [2.45, 2.75) is 44.6 Å². The molecule has 2 N–H and O–H groups in total. The van der Waals surface area contributed by atoms with Gasteiger partial charge < -0.3 is 19.7 Å². The fourth-order valence-corrected chi connectivity index (χ4v) is 4.36. The number of halogens is 1. The molecular formula is C20H24ClN3O4. The van der Waals surface area contributed by atoms with Gasteiger partial charge in [0.2, 0.25) is 5.91 Å². The number of benzene rings is 1. The number of oxazole rings is 1. The summed E-state index contributed by atoms with van der Waals surface area (Å²) in [5.41, 5.74) is 1.39. The van der Waals surface area contributed by atoms with E-state index < -0.39 is 5.97 Å². The number of piperidine rings is 1. The maximum absolute atomic E-state index is 12.8. The summed E-state index contributed by atoms with van der Waals surface area (Å²) in [6.07, 6.45) is 4.43. The van der Waals surface area contributed by atoms with Crippen molar-refractivity contribution in [1.29, 1.82) is 0 Å². The molecule has 4 rings (SSSR count). The van der Waals surface area contributed by atoms with Crippen LogP contribution in [0.4, 0.5) is 6.01 Å². The Balaban J connectivity index is 1.36. The molecule has 1 saturated heterocycles. The Bertz CT molecular complexity index is 875. The minimum absolute atomic E-state index is 0.0441. The fraction of sp³-hybridized carbons (Fsp3) is 0.550. The van der Waals surface area contributed by atoms with E-state index in [2.05, 4.69) is 10.3 Å². The smallest absolute Gasteiger partial charge is 0.306 e. The van der Waals surface area contributed by atoms with E-state index in [1.54, 1.807) is 18.2 Å². The highest BCUT2D eigenvalue weighted by Gasteiger charge is 2.31. The van der Waals surface area contributed by atoms with Crippen molar-refractivity contribution in [1.82, 2.24) is 10.3 Å². The molecule has 0 bridgehead atoms. The third kappa shape index (κ3) is 4.09. The summed E-state index contributed by atoms with van der Waals surface area (Å²) in [7, 11) is 0. The molecule has 1 aliphatic heterocycles. The number of carboxylic acid groups (broad SMARTS) is 1. The Morgan fingerprint density at radius 2 is 1.96 bits per heavy atom. The molecule has 1 saturated carbocycles. The zero-order valence-corrected chi connectivity index (χ0v) is 16.3. The van der Waals surface area contributed by atoms with Crippen LogP contribution in [0.5, 0.6) is 0 Å². The van der Waals surface area contributed by atoms with Gasteiger partial charge in [0.25, 0.3) is 6.01 Å². The molecule has 0 spiro atoms. The van der Waals surface area contributed by atoms with Crippen molar-refractivity contribution in [3.8, 4) is 0 Å².